The Labute approximate surface area is 154 Å². The lowest BCUT2D eigenvalue weighted by molar-refractivity contribution is 0.102. The highest BCUT2D eigenvalue weighted by Gasteiger charge is 2.24. The number of aromatic amines is 1. The van der Waals surface area contributed by atoms with Gasteiger partial charge in [0.15, 0.2) is 5.15 Å². The van der Waals surface area contributed by atoms with E-state index in [4.69, 9.17) is 16.3 Å². The maximum absolute atomic E-state index is 12.9. The Bertz CT molecular complexity index is 985. The Morgan fingerprint density at radius 3 is 3.04 bits per heavy atom. The van der Waals surface area contributed by atoms with Crippen molar-refractivity contribution in [1.29, 1.82) is 0 Å². The van der Waals surface area contributed by atoms with E-state index >= 15 is 0 Å². The van der Waals surface area contributed by atoms with Gasteiger partial charge in [-0.25, -0.2) is 9.97 Å². The maximum atomic E-state index is 12.9. The molecule has 0 radical (unpaired) electrons. The second kappa shape index (κ2) is 6.76. The lowest BCUT2D eigenvalue weighted by Crippen LogP contribution is -2.13. The predicted octanol–water partition coefficient (Wildman–Crippen LogP) is 3.27. The number of carbonyl (C=O) groups is 1. The first kappa shape index (κ1) is 16.5. The predicted molar refractivity (Wildman–Crippen MR) is 97.6 cm³/mol. The molecule has 0 spiro atoms. The van der Waals surface area contributed by atoms with Gasteiger partial charge in [0.25, 0.3) is 5.91 Å². The van der Waals surface area contributed by atoms with Crippen molar-refractivity contribution in [2.45, 2.75) is 19.3 Å². The molecule has 3 aromatic heterocycles. The van der Waals surface area contributed by atoms with Gasteiger partial charge in [0.05, 0.1) is 24.1 Å². The van der Waals surface area contributed by atoms with E-state index in [0.717, 1.165) is 41.8 Å². The molecule has 1 amide bonds. The molecule has 0 atom stereocenters. The van der Waals surface area contributed by atoms with Crippen LogP contribution in [-0.2, 0) is 12.8 Å². The van der Waals surface area contributed by atoms with Crippen LogP contribution < -0.4 is 10.1 Å². The number of fused-ring (bicyclic) bond motifs is 3. The molecule has 8 heteroatoms. The van der Waals surface area contributed by atoms with E-state index in [0.29, 0.717) is 17.1 Å². The number of halogens is 1. The number of carbonyl (C=O) groups excluding carboxylic acids is 1. The van der Waals surface area contributed by atoms with Crippen molar-refractivity contribution >= 4 is 23.2 Å². The van der Waals surface area contributed by atoms with E-state index < -0.39 is 0 Å². The van der Waals surface area contributed by atoms with Gasteiger partial charge in [-0.3, -0.25) is 4.79 Å². The van der Waals surface area contributed by atoms with Crippen LogP contribution in [0.5, 0.6) is 5.88 Å². The average Bonchev–Trinajstić information content (AvgIpc) is 2.99. The quantitative estimate of drug-likeness (QED) is 0.691. The summed E-state index contributed by atoms with van der Waals surface area (Å²) >= 11 is 6.13. The number of hydrogen-bond acceptors (Lipinski definition) is 5. The first-order chi connectivity index (χ1) is 12.7. The summed E-state index contributed by atoms with van der Waals surface area (Å²) in [7, 11) is 1.51. The Morgan fingerprint density at radius 1 is 1.35 bits per heavy atom. The summed E-state index contributed by atoms with van der Waals surface area (Å²) in [5.41, 5.74) is 4.63. The lowest BCUT2D eigenvalue weighted by atomic mass is 10.0. The highest BCUT2D eigenvalue weighted by atomic mass is 35.5. The van der Waals surface area contributed by atoms with E-state index in [2.05, 4.69) is 25.3 Å². The zero-order valence-corrected chi connectivity index (χ0v) is 14.8. The maximum Gasteiger partial charge on any atom is 0.257 e. The summed E-state index contributed by atoms with van der Waals surface area (Å²) < 4.78 is 5.03. The van der Waals surface area contributed by atoms with Gasteiger partial charge in [0.2, 0.25) is 5.88 Å². The number of amides is 1. The fraction of sp³-hybridized carbons (Fsp3) is 0.222. The minimum atomic E-state index is -0.275. The molecule has 3 heterocycles. The number of anilines is 1. The van der Waals surface area contributed by atoms with Gasteiger partial charge in [-0.15, -0.1) is 0 Å². The Kier molecular flexibility index (Phi) is 4.30. The van der Waals surface area contributed by atoms with Crippen molar-refractivity contribution in [3.05, 3.63) is 52.8 Å². The summed E-state index contributed by atoms with van der Waals surface area (Å²) in [6.07, 6.45) is 7.74. The molecule has 2 N–H and O–H groups in total. The van der Waals surface area contributed by atoms with E-state index in [1.807, 2.05) is 6.20 Å². The van der Waals surface area contributed by atoms with Crippen molar-refractivity contribution in [3.63, 3.8) is 0 Å². The lowest BCUT2D eigenvalue weighted by Gasteiger charge is -2.10. The number of aryl methyl sites for hydroxylation is 2. The van der Waals surface area contributed by atoms with Gasteiger partial charge in [-0.05, 0) is 30.9 Å². The first-order valence-corrected chi connectivity index (χ1v) is 8.56. The third kappa shape index (κ3) is 2.90. The Morgan fingerprint density at radius 2 is 2.23 bits per heavy atom. The van der Waals surface area contributed by atoms with Gasteiger partial charge in [0, 0.05) is 29.7 Å². The number of pyridine rings is 1. The SMILES string of the molecule is COc1ccc(NC(=O)c2c[nH]c3c2-c2ncncc2CCC3)c(Cl)n1. The van der Waals surface area contributed by atoms with Crippen LogP contribution in [0.1, 0.15) is 28.0 Å². The number of rotatable bonds is 3. The molecule has 0 bridgehead atoms. The van der Waals surface area contributed by atoms with E-state index in [9.17, 15) is 4.79 Å². The number of ether oxygens (including phenoxy) is 1. The second-order valence-electron chi connectivity index (χ2n) is 5.95. The third-order valence-electron chi connectivity index (χ3n) is 4.38. The van der Waals surface area contributed by atoms with Crippen LogP contribution in [0.2, 0.25) is 5.15 Å². The smallest absolute Gasteiger partial charge is 0.257 e. The van der Waals surface area contributed by atoms with Crippen LogP contribution in [0, 0.1) is 0 Å². The minimum absolute atomic E-state index is 0.169. The molecule has 132 valence electrons. The number of aromatic nitrogens is 4. The molecule has 0 saturated carbocycles. The molecule has 0 unspecified atom stereocenters. The molecular weight excluding hydrogens is 354 g/mol. The Hall–Kier alpha value is -2.93. The minimum Gasteiger partial charge on any atom is -0.481 e. The number of hydrogen-bond donors (Lipinski definition) is 2. The van der Waals surface area contributed by atoms with Crippen LogP contribution >= 0.6 is 11.6 Å². The molecule has 0 fully saturated rings. The summed E-state index contributed by atoms with van der Waals surface area (Å²) in [4.78, 5) is 28.7. The van der Waals surface area contributed by atoms with Crippen molar-refractivity contribution in [2.24, 2.45) is 0 Å². The van der Waals surface area contributed by atoms with Crippen LogP contribution in [0.3, 0.4) is 0 Å². The number of nitrogens with zero attached hydrogens (tertiary/aromatic N) is 3. The van der Waals surface area contributed by atoms with E-state index in [1.165, 1.54) is 13.4 Å². The standard InChI is InChI=1S/C18H16ClN5O2/c1-26-14-6-5-13(17(19)24-14)23-18(25)11-8-21-12-4-2-3-10-7-20-9-22-16(10)15(11)12/h5-9,21H,2-4H2,1H3,(H,23,25). The van der Waals surface area contributed by atoms with Gasteiger partial charge in [-0.1, -0.05) is 11.6 Å². The molecule has 1 aliphatic carbocycles. The zero-order valence-electron chi connectivity index (χ0n) is 14.0. The molecule has 7 nitrogen and oxygen atoms in total. The first-order valence-electron chi connectivity index (χ1n) is 8.18. The van der Waals surface area contributed by atoms with Gasteiger partial charge < -0.3 is 15.0 Å². The van der Waals surface area contributed by atoms with Crippen molar-refractivity contribution in [2.75, 3.05) is 12.4 Å². The number of methoxy groups -OCH3 is 1. The monoisotopic (exact) mass is 369 g/mol. The van der Waals surface area contributed by atoms with Gasteiger partial charge >= 0.3 is 0 Å². The summed E-state index contributed by atoms with van der Waals surface area (Å²) in [6, 6.07) is 3.30. The molecule has 0 aliphatic heterocycles. The molecular formula is C18H16ClN5O2. The highest BCUT2D eigenvalue weighted by Crippen LogP contribution is 2.33. The second-order valence-corrected chi connectivity index (χ2v) is 6.31. The molecule has 4 rings (SSSR count). The van der Waals surface area contributed by atoms with Crippen molar-refractivity contribution in [1.82, 2.24) is 19.9 Å². The fourth-order valence-corrected chi connectivity index (χ4v) is 3.34. The summed E-state index contributed by atoms with van der Waals surface area (Å²) in [5.74, 6) is 0.108. The molecule has 3 aromatic rings. The average molecular weight is 370 g/mol. The largest absolute Gasteiger partial charge is 0.481 e. The number of H-pyrrole nitrogens is 1. The van der Waals surface area contributed by atoms with Gasteiger partial charge in [-0.2, -0.15) is 4.98 Å². The molecule has 0 saturated heterocycles. The van der Waals surface area contributed by atoms with E-state index in [-0.39, 0.29) is 11.1 Å². The molecule has 26 heavy (non-hydrogen) atoms. The van der Waals surface area contributed by atoms with E-state index in [1.54, 1.807) is 18.3 Å². The summed E-state index contributed by atoms with van der Waals surface area (Å²) in [5, 5.41) is 2.98. The zero-order chi connectivity index (χ0) is 18.1. The van der Waals surface area contributed by atoms with Crippen LogP contribution in [0.4, 0.5) is 5.69 Å². The molecule has 0 aromatic carbocycles. The molecule has 1 aliphatic rings. The Balaban J connectivity index is 1.71. The van der Waals surface area contributed by atoms with Crippen molar-refractivity contribution < 1.29 is 9.53 Å². The normalized spacial score (nSPS) is 12.7. The topological polar surface area (TPSA) is 92.8 Å². The van der Waals surface area contributed by atoms with Gasteiger partial charge in [0.1, 0.15) is 6.33 Å². The fourth-order valence-electron chi connectivity index (χ4n) is 3.15. The third-order valence-corrected chi connectivity index (χ3v) is 4.67. The van der Waals surface area contributed by atoms with Crippen LogP contribution in [0.15, 0.2) is 30.9 Å². The highest BCUT2D eigenvalue weighted by molar-refractivity contribution is 6.32. The summed E-state index contributed by atoms with van der Waals surface area (Å²) in [6.45, 7) is 0. The van der Waals surface area contributed by atoms with Crippen molar-refractivity contribution in [3.8, 4) is 17.1 Å². The van der Waals surface area contributed by atoms with Crippen LogP contribution in [0.25, 0.3) is 11.3 Å². The number of nitrogens with one attached hydrogen (secondary N) is 2. The van der Waals surface area contributed by atoms with Crippen LogP contribution in [-0.4, -0.2) is 33.0 Å².